The fourth-order valence-corrected chi connectivity index (χ4v) is 1.91. The number of nitrogens with one attached hydrogen (secondary N) is 1. The van der Waals surface area contributed by atoms with Gasteiger partial charge < -0.3 is 14.8 Å². The van der Waals surface area contributed by atoms with E-state index in [0.717, 1.165) is 17.3 Å². The van der Waals surface area contributed by atoms with Crippen molar-refractivity contribution in [1.29, 1.82) is 0 Å². The summed E-state index contributed by atoms with van der Waals surface area (Å²) in [7, 11) is 0. The zero-order valence-corrected chi connectivity index (χ0v) is 12.7. The molecule has 1 aromatic carbocycles. The van der Waals surface area contributed by atoms with Crippen LogP contribution in [-0.4, -0.2) is 30.6 Å². The number of carbonyl (C=O) groups is 2. The molecule has 1 atom stereocenters. The van der Waals surface area contributed by atoms with Crippen molar-refractivity contribution in [2.45, 2.75) is 31.9 Å². The van der Waals surface area contributed by atoms with Crippen molar-refractivity contribution in [3.05, 3.63) is 28.7 Å². The Labute approximate surface area is 125 Å². The van der Waals surface area contributed by atoms with E-state index in [1.807, 2.05) is 6.07 Å². The lowest BCUT2D eigenvalue weighted by Gasteiger charge is -2.13. The zero-order valence-electron chi connectivity index (χ0n) is 11.1. The van der Waals surface area contributed by atoms with Crippen LogP contribution >= 0.6 is 15.9 Å². The molecule has 1 fully saturated rings. The molecule has 20 heavy (non-hydrogen) atoms. The van der Waals surface area contributed by atoms with Crippen LogP contribution in [0.1, 0.15) is 19.8 Å². The molecular formula is C14H16BrNO4. The van der Waals surface area contributed by atoms with Gasteiger partial charge in [0.1, 0.15) is 5.75 Å². The molecule has 0 saturated heterocycles. The summed E-state index contributed by atoms with van der Waals surface area (Å²) >= 11 is 3.31. The molecule has 1 amide bonds. The standard InChI is InChI=1S/C14H16BrNO4/c1-9(14(18)16-11-5-6-11)20-13(17)8-19-12-4-2-3-10(15)7-12/h2-4,7,9,11H,5-6,8H2,1H3,(H,16,18). The van der Waals surface area contributed by atoms with Crippen molar-refractivity contribution < 1.29 is 19.1 Å². The highest BCUT2D eigenvalue weighted by Gasteiger charge is 2.27. The van der Waals surface area contributed by atoms with Crippen molar-refractivity contribution in [1.82, 2.24) is 5.32 Å². The quantitative estimate of drug-likeness (QED) is 0.804. The molecule has 1 aliphatic carbocycles. The van der Waals surface area contributed by atoms with Crippen LogP contribution in [0.3, 0.4) is 0 Å². The lowest BCUT2D eigenvalue weighted by atomic mass is 10.3. The fourth-order valence-electron chi connectivity index (χ4n) is 1.53. The van der Waals surface area contributed by atoms with E-state index in [0.29, 0.717) is 5.75 Å². The number of hydrogen-bond acceptors (Lipinski definition) is 4. The molecule has 0 aromatic heterocycles. The second-order valence-electron chi connectivity index (χ2n) is 4.66. The zero-order chi connectivity index (χ0) is 14.5. The van der Waals surface area contributed by atoms with Gasteiger partial charge in [0.15, 0.2) is 12.7 Å². The van der Waals surface area contributed by atoms with Crippen LogP contribution in [0.15, 0.2) is 28.7 Å². The van der Waals surface area contributed by atoms with Gasteiger partial charge in [-0.05, 0) is 38.0 Å². The van der Waals surface area contributed by atoms with Crippen LogP contribution in [0.2, 0.25) is 0 Å². The molecule has 1 N–H and O–H groups in total. The van der Waals surface area contributed by atoms with Crippen molar-refractivity contribution in [2.75, 3.05) is 6.61 Å². The van der Waals surface area contributed by atoms with E-state index < -0.39 is 12.1 Å². The molecule has 1 saturated carbocycles. The SMILES string of the molecule is CC(OC(=O)COc1cccc(Br)c1)C(=O)NC1CC1. The number of carbonyl (C=O) groups excluding carboxylic acids is 2. The van der Waals surface area contributed by atoms with Crippen LogP contribution in [0.5, 0.6) is 5.75 Å². The van der Waals surface area contributed by atoms with Crippen molar-refractivity contribution in [3.8, 4) is 5.75 Å². The molecule has 1 aliphatic rings. The van der Waals surface area contributed by atoms with Gasteiger partial charge in [0.25, 0.3) is 5.91 Å². The number of amides is 1. The maximum atomic E-state index is 11.6. The Balaban J connectivity index is 1.72. The van der Waals surface area contributed by atoms with E-state index in [9.17, 15) is 9.59 Å². The molecule has 5 nitrogen and oxygen atoms in total. The number of rotatable bonds is 6. The van der Waals surface area contributed by atoms with Crippen LogP contribution < -0.4 is 10.1 Å². The first-order valence-electron chi connectivity index (χ1n) is 6.43. The molecule has 0 bridgehead atoms. The Morgan fingerprint density at radius 1 is 1.45 bits per heavy atom. The predicted molar refractivity (Wildman–Crippen MR) is 76.4 cm³/mol. The summed E-state index contributed by atoms with van der Waals surface area (Å²) in [5, 5.41) is 2.78. The Bertz CT molecular complexity index is 502. The maximum Gasteiger partial charge on any atom is 0.344 e. The van der Waals surface area contributed by atoms with Gasteiger partial charge in [-0.3, -0.25) is 4.79 Å². The summed E-state index contributed by atoms with van der Waals surface area (Å²) in [5.41, 5.74) is 0. The average Bonchev–Trinajstić information content (AvgIpc) is 3.20. The molecule has 0 heterocycles. The van der Waals surface area contributed by atoms with Gasteiger partial charge in [0.2, 0.25) is 0 Å². The molecule has 1 aromatic rings. The van der Waals surface area contributed by atoms with Crippen molar-refractivity contribution in [3.63, 3.8) is 0 Å². The first kappa shape index (κ1) is 14.8. The van der Waals surface area contributed by atoms with E-state index in [1.54, 1.807) is 25.1 Å². The molecule has 0 radical (unpaired) electrons. The number of halogens is 1. The highest BCUT2D eigenvalue weighted by atomic mass is 79.9. The summed E-state index contributed by atoms with van der Waals surface area (Å²) < 4.78 is 11.2. The highest BCUT2D eigenvalue weighted by Crippen LogP contribution is 2.19. The molecular weight excluding hydrogens is 326 g/mol. The van der Waals surface area contributed by atoms with Gasteiger partial charge in [-0.25, -0.2) is 4.79 Å². The lowest BCUT2D eigenvalue weighted by molar-refractivity contribution is -0.156. The predicted octanol–water partition coefficient (Wildman–Crippen LogP) is 2.04. The third kappa shape index (κ3) is 4.85. The minimum absolute atomic E-state index is 0.225. The van der Waals surface area contributed by atoms with E-state index >= 15 is 0 Å². The largest absolute Gasteiger partial charge is 0.482 e. The maximum absolute atomic E-state index is 11.6. The van der Waals surface area contributed by atoms with E-state index in [2.05, 4.69) is 21.2 Å². The smallest absolute Gasteiger partial charge is 0.344 e. The number of esters is 1. The lowest BCUT2D eigenvalue weighted by Crippen LogP contribution is -2.37. The monoisotopic (exact) mass is 341 g/mol. The summed E-state index contributed by atoms with van der Waals surface area (Å²) in [6.45, 7) is 1.33. The topological polar surface area (TPSA) is 64.6 Å². The third-order valence-electron chi connectivity index (χ3n) is 2.75. The Morgan fingerprint density at radius 3 is 2.85 bits per heavy atom. The van der Waals surface area contributed by atoms with Gasteiger partial charge in [-0.1, -0.05) is 22.0 Å². The van der Waals surface area contributed by atoms with Gasteiger partial charge in [0.05, 0.1) is 0 Å². The first-order valence-corrected chi connectivity index (χ1v) is 7.22. The van der Waals surface area contributed by atoms with E-state index in [1.165, 1.54) is 0 Å². The van der Waals surface area contributed by atoms with Crippen LogP contribution in [-0.2, 0) is 14.3 Å². The molecule has 2 rings (SSSR count). The molecule has 0 spiro atoms. The Kier molecular flexibility index (Phi) is 5.00. The third-order valence-corrected chi connectivity index (χ3v) is 3.25. The van der Waals surface area contributed by atoms with E-state index in [4.69, 9.17) is 9.47 Å². The van der Waals surface area contributed by atoms with Crippen LogP contribution in [0.4, 0.5) is 0 Å². The number of hydrogen-bond donors (Lipinski definition) is 1. The number of benzene rings is 1. The first-order chi connectivity index (χ1) is 9.54. The van der Waals surface area contributed by atoms with Crippen molar-refractivity contribution in [2.24, 2.45) is 0 Å². The highest BCUT2D eigenvalue weighted by molar-refractivity contribution is 9.10. The molecule has 1 unspecified atom stereocenters. The second kappa shape index (κ2) is 6.74. The Morgan fingerprint density at radius 2 is 2.20 bits per heavy atom. The fraction of sp³-hybridized carbons (Fsp3) is 0.429. The van der Waals surface area contributed by atoms with Gasteiger partial charge in [0, 0.05) is 10.5 Å². The second-order valence-corrected chi connectivity index (χ2v) is 5.58. The molecule has 108 valence electrons. The van der Waals surface area contributed by atoms with Crippen molar-refractivity contribution >= 4 is 27.8 Å². The van der Waals surface area contributed by atoms with Crippen LogP contribution in [0.25, 0.3) is 0 Å². The van der Waals surface area contributed by atoms with Gasteiger partial charge >= 0.3 is 5.97 Å². The summed E-state index contributed by atoms with van der Waals surface area (Å²) in [5.74, 6) is -0.266. The number of ether oxygens (including phenoxy) is 2. The summed E-state index contributed by atoms with van der Waals surface area (Å²) in [4.78, 5) is 23.2. The Hall–Kier alpha value is -1.56. The normalized spacial score (nSPS) is 15.3. The van der Waals surface area contributed by atoms with E-state index in [-0.39, 0.29) is 18.6 Å². The molecule has 6 heteroatoms. The van der Waals surface area contributed by atoms with Crippen LogP contribution in [0, 0.1) is 0 Å². The summed E-state index contributed by atoms with van der Waals surface area (Å²) in [6.07, 6.45) is 1.20. The molecule has 0 aliphatic heterocycles. The van der Waals surface area contributed by atoms with Gasteiger partial charge in [-0.15, -0.1) is 0 Å². The van der Waals surface area contributed by atoms with Gasteiger partial charge in [-0.2, -0.15) is 0 Å². The minimum Gasteiger partial charge on any atom is -0.482 e. The minimum atomic E-state index is -0.797. The average molecular weight is 342 g/mol. The summed E-state index contributed by atoms with van der Waals surface area (Å²) in [6, 6.07) is 7.39.